The molecule has 12 heavy (non-hydrogen) atoms. The molecule has 3 nitrogen and oxygen atoms in total. The summed E-state index contributed by atoms with van der Waals surface area (Å²) in [4.78, 5) is 9.00. The molecule has 0 bridgehead atoms. The van der Waals surface area contributed by atoms with Gasteiger partial charge in [-0.2, -0.15) is 0 Å². The zero-order valence-electron chi connectivity index (χ0n) is 8.16. The van der Waals surface area contributed by atoms with E-state index < -0.39 is 7.37 Å². The van der Waals surface area contributed by atoms with Crippen molar-refractivity contribution in [2.24, 2.45) is 11.7 Å². The molecule has 0 aliphatic heterocycles. The first-order valence-electron chi connectivity index (χ1n) is 4.36. The monoisotopic (exact) mass is 193 g/mol. The molecule has 0 amide bonds. The lowest BCUT2D eigenvalue weighted by Gasteiger charge is -2.14. The Bertz CT molecular complexity index is 164. The summed E-state index contributed by atoms with van der Waals surface area (Å²) in [6, 6.07) is 0.0745. The van der Waals surface area contributed by atoms with E-state index in [1.54, 1.807) is 0 Å². The molecular formula is C8H20NO2P. The topological polar surface area (TPSA) is 63.3 Å². The van der Waals surface area contributed by atoms with Gasteiger partial charge in [-0.15, -0.1) is 0 Å². The van der Waals surface area contributed by atoms with Gasteiger partial charge in [0, 0.05) is 18.9 Å². The lowest BCUT2D eigenvalue weighted by molar-refractivity contribution is 0.459. The molecular weight excluding hydrogens is 173 g/mol. The fourth-order valence-electron chi connectivity index (χ4n) is 1.13. The van der Waals surface area contributed by atoms with Crippen LogP contribution >= 0.6 is 7.37 Å². The third-order valence-corrected chi connectivity index (χ3v) is 2.78. The van der Waals surface area contributed by atoms with Crippen molar-refractivity contribution in [3.63, 3.8) is 0 Å². The molecule has 0 saturated heterocycles. The summed E-state index contributed by atoms with van der Waals surface area (Å²) < 4.78 is 10.9. The maximum Gasteiger partial charge on any atom is 0.197 e. The molecule has 0 aliphatic rings. The van der Waals surface area contributed by atoms with Crippen LogP contribution in [-0.4, -0.2) is 23.8 Å². The molecule has 74 valence electrons. The molecule has 0 aromatic carbocycles. The molecule has 0 saturated carbocycles. The first kappa shape index (κ1) is 12.2. The van der Waals surface area contributed by atoms with Crippen molar-refractivity contribution in [3.8, 4) is 0 Å². The van der Waals surface area contributed by atoms with Crippen LogP contribution in [0.4, 0.5) is 0 Å². The summed E-state index contributed by atoms with van der Waals surface area (Å²) in [5.41, 5.74) is 5.75. The highest BCUT2D eigenvalue weighted by Gasteiger charge is 2.13. The van der Waals surface area contributed by atoms with E-state index in [0.717, 1.165) is 6.42 Å². The van der Waals surface area contributed by atoms with Gasteiger partial charge < -0.3 is 10.6 Å². The van der Waals surface area contributed by atoms with Crippen LogP contribution in [0.2, 0.25) is 0 Å². The molecule has 2 atom stereocenters. The van der Waals surface area contributed by atoms with Gasteiger partial charge in [-0.3, -0.25) is 4.57 Å². The van der Waals surface area contributed by atoms with Gasteiger partial charge in [0.1, 0.15) is 0 Å². The first-order chi connectivity index (χ1) is 5.31. The zero-order valence-corrected chi connectivity index (χ0v) is 9.05. The number of hydrogen-bond acceptors (Lipinski definition) is 2. The summed E-state index contributed by atoms with van der Waals surface area (Å²) in [6.45, 7) is 5.59. The molecule has 0 fully saturated rings. The molecule has 4 heteroatoms. The van der Waals surface area contributed by atoms with Gasteiger partial charge >= 0.3 is 0 Å². The highest BCUT2D eigenvalue weighted by atomic mass is 31.2. The van der Waals surface area contributed by atoms with Crippen LogP contribution in [0.3, 0.4) is 0 Å². The van der Waals surface area contributed by atoms with Gasteiger partial charge in [-0.1, -0.05) is 13.8 Å². The van der Waals surface area contributed by atoms with E-state index in [1.807, 2.05) is 0 Å². The molecule has 0 heterocycles. The van der Waals surface area contributed by atoms with Gasteiger partial charge in [-0.25, -0.2) is 0 Å². The van der Waals surface area contributed by atoms with Gasteiger partial charge in [0.15, 0.2) is 7.37 Å². The molecule has 0 rings (SSSR count). The summed E-state index contributed by atoms with van der Waals surface area (Å²) in [5, 5.41) is 0. The fourth-order valence-corrected chi connectivity index (χ4v) is 1.94. The van der Waals surface area contributed by atoms with E-state index in [0.29, 0.717) is 18.5 Å². The smallest absolute Gasteiger partial charge is 0.197 e. The third kappa shape index (κ3) is 8.25. The lowest BCUT2D eigenvalue weighted by Crippen LogP contribution is -2.23. The normalized spacial score (nSPS) is 19.2. The van der Waals surface area contributed by atoms with Gasteiger partial charge in [0.2, 0.25) is 0 Å². The highest BCUT2D eigenvalue weighted by Crippen LogP contribution is 2.36. The Morgan fingerprint density at radius 2 is 2.00 bits per heavy atom. The molecule has 0 aromatic rings. The summed E-state index contributed by atoms with van der Waals surface area (Å²) in [7, 11) is -2.84. The van der Waals surface area contributed by atoms with E-state index >= 15 is 0 Å². The molecule has 0 radical (unpaired) electrons. The van der Waals surface area contributed by atoms with Crippen LogP contribution in [-0.2, 0) is 4.57 Å². The highest BCUT2D eigenvalue weighted by molar-refractivity contribution is 7.57. The fraction of sp³-hybridized carbons (Fsp3) is 1.00. The van der Waals surface area contributed by atoms with Crippen molar-refractivity contribution in [1.82, 2.24) is 0 Å². The third-order valence-electron chi connectivity index (χ3n) is 1.69. The van der Waals surface area contributed by atoms with Crippen molar-refractivity contribution in [1.29, 1.82) is 0 Å². The Hall–Kier alpha value is 0.150. The minimum atomic E-state index is -2.84. The Balaban J connectivity index is 3.58. The molecule has 0 spiro atoms. The molecule has 0 aliphatic carbocycles. The second-order valence-electron chi connectivity index (χ2n) is 3.95. The van der Waals surface area contributed by atoms with Crippen LogP contribution < -0.4 is 5.73 Å². The first-order valence-corrected chi connectivity index (χ1v) is 6.65. The lowest BCUT2D eigenvalue weighted by atomic mass is 10.0. The Morgan fingerprint density at radius 1 is 1.50 bits per heavy atom. The van der Waals surface area contributed by atoms with E-state index in [1.165, 1.54) is 6.66 Å². The average molecular weight is 193 g/mol. The minimum absolute atomic E-state index is 0.0745. The Labute approximate surface area is 74.8 Å². The average Bonchev–Trinajstić information content (AvgIpc) is 1.80. The summed E-state index contributed by atoms with van der Waals surface area (Å²) in [6.07, 6.45) is 1.93. The quantitative estimate of drug-likeness (QED) is 0.652. The van der Waals surface area contributed by atoms with Gasteiger partial charge in [0.05, 0.1) is 0 Å². The predicted molar refractivity (Wildman–Crippen MR) is 52.7 cm³/mol. The van der Waals surface area contributed by atoms with E-state index in [4.69, 9.17) is 10.6 Å². The summed E-state index contributed by atoms with van der Waals surface area (Å²) >= 11 is 0. The summed E-state index contributed by atoms with van der Waals surface area (Å²) in [5.74, 6) is 0.565. The number of rotatable bonds is 5. The van der Waals surface area contributed by atoms with Crippen LogP contribution in [0.15, 0.2) is 0 Å². The van der Waals surface area contributed by atoms with Crippen molar-refractivity contribution in [2.45, 2.75) is 32.7 Å². The van der Waals surface area contributed by atoms with Crippen molar-refractivity contribution >= 4 is 7.37 Å². The van der Waals surface area contributed by atoms with Gasteiger partial charge in [0.25, 0.3) is 0 Å². The predicted octanol–water partition coefficient (Wildman–Crippen LogP) is 1.65. The van der Waals surface area contributed by atoms with E-state index in [2.05, 4.69) is 13.8 Å². The van der Waals surface area contributed by atoms with Crippen molar-refractivity contribution in [2.75, 3.05) is 12.8 Å². The maximum absolute atomic E-state index is 10.9. The maximum atomic E-state index is 10.9. The minimum Gasteiger partial charge on any atom is -0.344 e. The second kappa shape index (κ2) is 5.00. The second-order valence-corrected chi connectivity index (χ2v) is 6.50. The van der Waals surface area contributed by atoms with Crippen molar-refractivity contribution in [3.05, 3.63) is 0 Å². The standard InChI is InChI=1S/C8H20NO2P/c1-7(2)6-8(9)4-5-12(3,10)11/h7-8H,4-6,9H2,1-3H3,(H,10,11)/t8-/m0/s1. The largest absolute Gasteiger partial charge is 0.344 e. The Kier molecular flexibility index (Phi) is 5.07. The van der Waals surface area contributed by atoms with Gasteiger partial charge in [-0.05, 0) is 18.8 Å². The van der Waals surface area contributed by atoms with Crippen molar-refractivity contribution < 1.29 is 9.46 Å². The van der Waals surface area contributed by atoms with E-state index in [-0.39, 0.29) is 6.04 Å². The number of nitrogens with two attached hydrogens (primary N) is 1. The van der Waals surface area contributed by atoms with Crippen LogP contribution in [0.5, 0.6) is 0 Å². The molecule has 1 unspecified atom stereocenters. The number of hydrogen-bond donors (Lipinski definition) is 2. The SMILES string of the molecule is CC(C)C[C@@H](N)CCP(C)(=O)O. The Morgan fingerprint density at radius 3 is 2.33 bits per heavy atom. The zero-order chi connectivity index (χ0) is 9.78. The van der Waals surface area contributed by atoms with E-state index in [9.17, 15) is 4.57 Å². The molecule has 0 aromatic heterocycles. The van der Waals surface area contributed by atoms with Crippen LogP contribution in [0.25, 0.3) is 0 Å². The van der Waals surface area contributed by atoms with Crippen LogP contribution in [0, 0.1) is 5.92 Å². The van der Waals surface area contributed by atoms with Crippen LogP contribution in [0.1, 0.15) is 26.7 Å². The molecule has 3 N–H and O–H groups in total.